The SMILES string of the molecule is COc1ccc(C(CCN)c2ccc(C)c(C)c2)cc1OC. The van der Waals surface area contributed by atoms with Gasteiger partial charge in [-0.2, -0.15) is 0 Å². The average Bonchev–Trinajstić information content (AvgIpc) is 2.54. The summed E-state index contributed by atoms with van der Waals surface area (Å²) in [7, 11) is 3.31. The van der Waals surface area contributed by atoms with E-state index in [1.165, 1.54) is 22.3 Å². The fraction of sp³-hybridized carbons (Fsp3) is 0.368. The summed E-state index contributed by atoms with van der Waals surface area (Å²) >= 11 is 0. The van der Waals surface area contributed by atoms with Gasteiger partial charge in [0.1, 0.15) is 0 Å². The van der Waals surface area contributed by atoms with E-state index in [2.05, 4.69) is 38.1 Å². The molecule has 1 atom stereocenters. The van der Waals surface area contributed by atoms with Crippen molar-refractivity contribution in [1.82, 2.24) is 0 Å². The maximum Gasteiger partial charge on any atom is 0.161 e. The van der Waals surface area contributed by atoms with Crippen molar-refractivity contribution < 1.29 is 9.47 Å². The molecule has 2 rings (SSSR count). The highest BCUT2D eigenvalue weighted by molar-refractivity contribution is 5.46. The lowest BCUT2D eigenvalue weighted by molar-refractivity contribution is 0.354. The first-order valence-electron chi connectivity index (χ1n) is 7.59. The number of hydrogen-bond donors (Lipinski definition) is 1. The van der Waals surface area contributed by atoms with Crippen LogP contribution >= 0.6 is 0 Å². The first kappa shape index (κ1) is 16.4. The molecule has 1 unspecified atom stereocenters. The average molecular weight is 299 g/mol. The van der Waals surface area contributed by atoms with Gasteiger partial charge in [-0.1, -0.05) is 24.3 Å². The molecule has 0 aliphatic rings. The van der Waals surface area contributed by atoms with Crippen LogP contribution in [0.3, 0.4) is 0 Å². The van der Waals surface area contributed by atoms with Gasteiger partial charge in [0.25, 0.3) is 0 Å². The maximum absolute atomic E-state index is 5.84. The Morgan fingerprint density at radius 3 is 2.09 bits per heavy atom. The van der Waals surface area contributed by atoms with Crippen molar-refractivity contribution in [2.75, 3.05) is 20.8 Å². The van der Waals surface area contributed by atoms with Crippen LogP contribution in [-0.4, -0.2) is 20.8 Å². The van der Waals surface area contributed by atoms with Crippen molar-refractivity contribution in [3.05, 3.63) is 58.7 Å². The molecule has 0 heterocycles. The molecule has 0 radical (unpaired) electrons. The molecule has 118 valence electrons. The van der Waals surface area contributed by atoms with Gasteiger partial charge in [0, 0.05) is 5.92 Å². The Labute approximate surface area is 133 Å². The van der Waals surface area contributed by atoms with Gasteiger partial charge in [-0.15, -0.1) is 0 Å². The van der Waals surface area contributed by atoms with Gasteiger partial charge in [-0.05, 0) is 61.2 Å². The van der Waals surface area contributed by atoms with Crippen molar-refractivity contribution in [3.63, 3.8) is 0 Å². The van der Waals surface area contributed by atoms with Crippen molar-refractivity contribution in [1.29, 1.82) is 0 Å². The number of nitrogens with two attached hydrogens (primary N) is 1. The Bertz CT molecular complexity index is 637. The van der Waals surface area contributed by atoms with Crippen molar-refractivity contribution in [2.45, 2.75) is 26.2 Å². The third kappa shape index (κ3) is 3.42. The summed E-state index contributed by atoms with van der Waals surface area (Å²) in [6, 6.07) is 12.7. The molecule has 2 aromatic carbocycles. The zero-order valence-electron chi connectivity index (χ0n) is 13.8. The standard InChI is InChI=1S/C19H25NO2/c1-13-5-6-15(11-14(13)2)17(9-10-20)16-7-8-18(21-3)19(12-16)22-4/h5-8,11-12,17H,9-10,20H2,1-4H3. The maximum atomic E-state index is 5.84. The van der Waals surface area contributed by atoms with Gasteiger partial charge in [-0.3, -0.25) is 0 Å². The molecule has 0 bridgehead atoms. The minimum atomic E-state index is 0.268. The minimum absolute atomic E-state index is 0.268. The van der Waals surface area contributed by atoms with E-state index < -0.39 is 0 Å². The van der Waals surface area contributed by atoms with Crippen LogP contribution in [-0.2, 0) is 0 Å². The Balaban J connectivity index is 2.45. The summed E-state index contributed by atoms with van der Waals surface area (Å²) in [4.78, 5) is 0. The highest BCUT2D eigenvalue weighted by Crippen LogP contribution is 2.35. The Hall–Kier alpha value is -2.00. The van der Waals surface area contributed by atoms with Gasteiger partial charge in [0.05, 0.1) is 14.2 Å². The lowest BCUT2D eigenvalue weighted by Gasteiger charge is -2.20. The Kier molecular flexibility index (Phi) is 5.45. The van der Waals surface area contributed by atoms with Gasteiger partial charge >= 0.3 is 0 Å². The molecule has 0 aromatic heterocycles. The minimum Gasteiger partial charge on any atom is -0.493 e. The molecule has 3 nitrogen and oxygen atoms in total. The van der Waals surface area contributed by atoms with Crippen LogP contribution in [0.25, 0.3) is 0 Å². The van der Waals surface area contributed by atoms with E-state index in [1.54, 1.807) is 14.2 Å². The number of benzene rings is 2. The number of ether oxygens (including phenoxy) is 2. The summed E-state index contributed by atoms with van der Waals surface area (Å²) in [6.45, 7) is 4.92. The third-order valence-corrected chi connectivity index (χ3v) is 4.20. The van der Waals surface area contributed by atoms with Crippen molar-refractivity contribution >= 4 is 0 Å². The van der Waals surface area contributed by atoms with Crippen LogP contribution in [0.4, 0.5) is 0 Å². The third-order valence-electron chi connectivity index (χ3n) is 4.20. The largest absolute Gasteiger partial charge is 0.493 e. The van der Waals surface area contributed by atoms with E-state index >= 15 is 0 Å². The first-order valence-corrected chi connectivity index (χ1v) is 7.59. The van der Waals surface area contributed by atoms with Crippen LogP contribution in [0.2, 0.25) is 0 Å². The molecule has 0 spiro atoms. The smallest absolute Gasteiger partial charge is 0.161 e. The van der Waals surface area contributed by atoms with Crippen molar-refractivity contribution in [3.8, 4) is 11.5 Å². The van der Waals surface area contributed by atoms with E-state index in [0.29, 0.717) is 6.54 Å². The molecule has 22 heavy (non-hydrogen) atoms. The van der Waals surface area contributed by atoms with Gasteiger partial charge in [0.2, 0.25) is 0 Å². The second-order valence-electron chi connectivity index (χ2n) is 5.59. The molecule has 0 aliphatic carbocycles. The number of rotatable bonds is 6. The van der Waals surface area contributed by atoms with E-state index in [-0.39, 0.29) is 5.92 Å². The molecule has 2 N–H and O–H groups in total. The van der Waals surface area contributed by atoms with E-state index in [1.807, 2.05) is 12.1 Å². The van der Waals surface area contributed by atoms with Crippen LogP contribution in [0, 0.1) is 13.8 Å². The highest BCUT2D eigenvalue weighted by Gasteiger charge is 2.16. The highest BCUT2D eigenvalue weighted by atomic mass is 16.5. The fourth-order valence-corrected chi connectivity index (χ4v) is 2.74. The topological polar surface area (TPSA) is 44.5 Å². The monoisotopic (exact) mass is 299 g/mol. The lowest BCUT2D eigenvalue weighted by atomic mass is 9.87. The van der Waals surface area contributed by atoms with Crippen LogP contribution in [0.1, 0.15) is 34.6 Å². The molecule has 0 saturated carbocycles. The molecule has 0 saturated heterocycles. The quantitative estimate of drug-likeness (QED) is 0.882. The molecule has 3 heteroatoms. The zero-order valence-corrected chi connectivity index (χ0v) is 13.8. The van der Waals surface area contributed by atoms with Crippen molar-refractivity contribution in [2.24, 2.45) is 5.73 Å². The van der Waals surface area contributed by atoms with Crippen LogP contribution in [0.15, 0.2) is 36.4 Å². The second kappa shape index (κ2) is 7.32. The van der Waals surface area contributed by atoms with Crippen LogP contribution in [0.5, 0.6) is 11.5 Å². The second-order valence-corrected chi connectivity index (χ2v) is 5.59. The predicted molar refractivity (Wildman–Crippen MR) is 91.0 cm³/mol. The molecular weight excluding hydrogens is 274 g/mol. The van der Waals surface area contributed by atoms with E-state index in [4.69, 9.17) is 15.2 Å². The van der Waals surface area contributed by atoms with Gasteiger partial charge in [0.15, 0.2) is 11.5 Å². The van der Waals surface area contributed by atoms with Crippen LogP contribution < -0.4 is 15.2 Å². The van der Waals surface area contributed by atoms with E-state index in [9.17, 15) is 0 Å². The molecule has 2 aromatic rings. The normalized spacial score (nSPS) is 12.0. The lowest BCUT2D eigenvalue weighted by Crippen LogP contribution is -2.09. The number of aryl methyl sites for hydroxylation is 2. The Morgan fingerprint density at radius 1 is 0.864 bits per heavy atom. The summed E-state index contributed by atoms with van der Waals surface area (Å²) in [5, 5.41) is 0. The molecule has 0 fully saturated rings. The van der Waals surface area contributed by atoms with E-state index in [0.717, 1.165) is 17.9 Å². The summed E-state index contributed by atoms with van der Waals surface area (Å²) < 4.78 is 10.7. The Morgan fingerprint density at radius 2 is 1.50 bits per heavy atom. The summed E-state index contributed by atoms with van der Waals surface area (Å²) in [5.41, 5.74) is 10.9. The fourth-order valence-electron chi connectivity index (χ4n) is 2.74. The molecule has 0 amide bonds. The number of hydrogen-bond acceptors (Lipinski definition) is 3. The number of methoxy groups -OCH3 is 2. The summed E-state index contributed by atoms with van der Waals surface area (Å²) in [5.74, 6) is 1.77. The zero-order chi connectivity index (χ0) is 16.1. The molecule has 0 aliphatic heterocycles. The predicted octanol–water partition coefficient (Wildman–Crippen LogP) is 3.80. The van der Waals surface area contributed by atoms with Gasteiger partial charge in [-0.25, -0.2) is 0 Å². The summed E-state index contributed by atoms with van der Waals surface area (Å²) in [6.07, 6.45) is 0.901. The molecular formula is C19H25NO2. The van der Waals surface area contributed by atoms with Gasteiger partial charge < -0.3 is 15.2 Å². The first-order chi connectivity index (χ1) is 10.6.